The van der Waals surface area contributed by atoms with Gasteiger partial charge in [0.25, 0.3) is 15.7 Å². The molecular formula is C16H18N2O4S. The van der Waals surface area contributed by atoms with E-state index in [1.807, 2.05) is 19.1 Å². The van der Waals surface area contributed by atoms with E-state index >= 15 is 0 Å². The third-order valence-corrected chi connectivity index (χ3v) is 5.21. The van der Waals surface area contributed by atoms with Crippen molar-refractivity contribution in [1.82, 2.24) is 0 Å². The van der Waals surface area contributed by atoms with Gasteiger partial charge in [-0.15, -0.1) is 0 Å². The van der Waals surface area contributed by atoms with Crippen LogP contribution in [-0.2, 0) is 10.0 Å². The van der Waals surface area contributed by atoms with Gasteiger partial charge in [0, 0.05) is 12.1 Å². The van der Waals surface area contributed by atoms with Crippen LogP contribution in [0.5, 0.6) is 0 Å². The molecule has 0 spiro atoms. The van der Waals surface area contributed by atoms with E-state index < -0.39 is 14.9 Å². The van der Waals surface area contributed by atoms with Crippen LogP contribution in [0.25, 0.3) is 0 Å². The first-order valence-corrected chi connectivity index (χ1v) is 8.46. The molecule has 0 aliphatic carbocycles. The Morgan fingerprint density at radius 2 is 1.52 bits per heavy atom. The van der Waals surface area contributed by atoms with E-state index in [4.69, 9.17) is 0 Å². The van der Waals surface area contributed by atoms with Gasteiger partial charge in [0.15, 0.2) is 0 Å². The summed E-state index contributed by atoms with van der Waals surface area (Å²) in [7, 11) is -3.77. The van der Waals surface area contributed by atoms with E-state index in [-0.39, 0.29) is 10.6 Å². The highest BCUT2D eigenvalue weighted by atomic mass is 32.2. The Hall–Kier alpha value is -2.41. The second-order valence-corrected chi connectivity index (χ2v) is 7.21. The molecule has 0 aromatic heterocycles. The van der Waals surface area contributed by atoms with E-state index in [0.717, 1.165) is 5.56 Å². The van der Waals surface area contributed by atoms with Gasteiger partial charge in [-0.1, -0.05) is 17.7 Å². The smallest absolute Gasteiger partial charge is 0.269 e. The Morgan fingerprint density at radius 1 is 0.957 bits per heavy atom. The minimum atomic E-state index is -3.77. The molecule has 0 amide bonds. The molecule has 0 aliphatic heterocycles. The van der Waals surface area contributed by atoms with Crippen molar-refractivity contribution in [3.8, 4) is 0 Å². The summed E-state index contributed by atoms with van der Waals surface area (Å²) in [6, 6.07) is 7.64. The van der Waals surface area contributed by atoms with Crippen LogP contribution in [-0.4, -0.2) is 13.3 Å². The summed E-state index contributed by atoms with van der Waals surface area (Å²) in [6.45, 7) is 7.03. The molecule has 122 valence electrons. The van der Waals surface area contributed by atoms with Crippen molar-refractivity contribution in [2.75, 3.05) is 4.72 Å². The maximum atomic E-state index is 12.7. The lowest BCUT2D eigenvalue weighted by atomic mass is 10.1. The van der Waals surface area contributed by atoms with Crippen molar-refractivity contribution in [3.63, 3.8) is 0 Å². The zero-order valence-electron chi connectivity index (χ0n) is 13.4. The van der Waals surface area contributed by atoms with Crippen LogP contribution in [0.3, 0.4) is 0 Å². The molecule has 23 heavy (non-hydrogen) atoms. The molecule has 0 radical (unpaired) electrons. The van der Waals surface area contributed by atoms with Crippen LogP contribution < -0.4 is 4.72 Å². The standard InChI is InChI=1S/C16H18N2O4S/c1-10-7-12(3)16(13(4)8-10)23(21,22)17-15-6-5-14(18(19)20)9-11(15)2/h5-9,17H,1-4H3. The summed E-state index contributed by atoms with van der Waals surface area (Å²) in [4.78, 5) is 10.5. The first-order valence-electron chi connectivity index (χ1n) is 6.97. The topological polar surface area (TPSA) is 89.3 Å². The highest BCUT2D eigenvalue weighted by Gasteiger charge is 2.21. The zero-order chi connectivity index (χ0) is 17.4. The molecule has 6 nitrogen and oxygen atoms in total. The van der Waals surface area contributed by atoms with E-state index in [2.05, 4.69) is 4.72 Å². The van der Waals surface area contributed by atoms with Crippen LogP contribution in [0.15, 0.2) is 35.2 Å². The number of nitrogens with one attached hydrogen (secondary N) is 1. The second-order valence-electron chi connectivity index (χ2n) is 5.59. The van der Waals surface area contributed by atoms with Gasteiger partial charge in [-0.2, -0.15) is 0 Å². The summed E-state index contributed by atoms with van der Waals surface area (Å²) in [5, 5.41) is 10.8. The Morgan fingerprint density at radius 3 is 2.00 bits per heavy atom. The normalized spacial score (nSPS) is 11.3. The minimum absolute atomic E-state index is 0.0758. The van der Waals surface area contributed by atoms with Gasteiger partial charge in [0.1, 0.15) is 0 Å². The van der Waals surface area contributed by atoms with E-state index in [0.29, 0.717) is 22.4 Å². The molecule has 0 fully saturated rings. The molecule has 1 N–H and O–H groups in total. The van der Waals surface area contributed by atoms with Crippen LogP contribution in [0.2, 0.25) is 0 Å². The molecule has 0 unspecified atom stereocenters. The van der Waals surface area contributed by atoms with Crippen molar-refractivity contribution in [2.24, 2.45) is 0 Å². The fourth-order valence-electron chi connectivity index (χ4n) is 2.66. The van der Waals surface area contributed by atoms with Gasteiger partial charge in [0.2, 0.25) is 0 Å². The number of nitro groups is 1. The van der Waals surface area contributed by atoms with Gasteiger partial charge in [-0.3, -0.25) is 14.8 Å². The number of anilines is 1. The monoisotopic (exact) mass is 334 g/mol. The number of nitro benzene ring substituents is 1. The Bertz CT molecular complexity index is 866. The van der Waals surface area contributed by atoms with Crippen molar-refractivity contribution in [1.29, 1.82) is 0 Å². The van der Waals surface area contributed by atoms with Crippen LogP contribution >= 0.6 is 0 Å². The SMILES string of the molecule is Cc1cc(C)c(S(=O)(=O)Nc2ccc([N+](=O)[O-])cc2C)c(C)c1. The Labute approximate surface area is 135 Å². The van der Waals surface area contributed by atoms with Gasteiger partial charge < -0.3 is 0 Å². The van der Waals surface area contributed by atoms with E-state index in [9.17, 15) is 18.5 Å². The maximum absolute atomic E-state index is 12.7. The predicted molar refractivity (Wildman–Crippen MR) is 89.3 cm³/mol. The Kier molecular flexibility index (Phi) is 4.42. The van der Waals surface area contributed by atoms with Gasteiger partial charge >= 0.3 is 0 Å². The summed E-state index contributed by atoms with van der Waals surface area (Å²) < 4.78 is 27.9. The molecular weight excluding hydrogens is 316 g/mol. The minimum Gasteiger partial charge on any atom is -0.279 e. The predicted octanol–water partition coefficient (Wildman–Crippen LogP) is 3.63. The first kappa shape index (κ1) is 17.0. The number of rotatable bonds is 4. The number of nitrogens with zero attached hydrogens (tertiary/aromatic N) is 1. The number of hydrogen-bond acceptors (Lipinski definition) is 4. The molecule has 0 bridgehead atoms. The van der Waals surface area contributed by atoms with E-state index in [1.54, 1.807) is 20.8 Å². The molecule has 0 atom stereocenters. The van der Waals surface area contributed by atoms with Crippen molar-refractivity contribution in [3.05, 3.63) is 62.7 Å². The number of sulfonamides is 1. The first-order chi connectivity index (χ1) is 10.6. The third-order valence-electron chi connectivity index (χ3n) is 3.54. The highest BCUT2D eigenvalue weighted by molar-refractivity contribution is 7.92. The van der Waals surface area contributed by atoms with E-state index in [1.165, 1.54) is 18.2 Å². The second kappa shape index (κ2) is 6.00. The molecule has 2 rings (SSSR count). The molecule has 0 saturated carbocycles. The molecule has 7 heteroatoms. The van der Waals surface area contributed by atoms with Crippen LogP contribution in [0.1, 0.15) is 22.3 Å². The molecule has 0 saturated heterocycles. The third kappa shape index (κ3) is 3.50. The average Bonchev–Trinajstić information content (AvgIpc) is 2.38. The largest absolute Gasteiger partial charge is 0.279 e. The van der Waals surface area contributed by atoms with Crippen molar-refractivity contribution < 1.29 is 13.3 Å². The molecule has 2 aromatic rings. The lowest BCUT2D eigenvalue weighted by Gasteiger charge is -2.15. The summed E-state index contributed by atoms with van der Waals surface area (Å²) in [5.41, 5.74) is 3.06. The summed E-state index contributed by atoms with van der Waals surface area (Å²) >= 11 is 0. The Balaban J connectivity index is 2.46. The molecule has 2 aromatic carbocycles. The van der Waals surface area contributed by atoms with Gasteiger partial charge in [0.05, 0.1) is 15.5 Å². The lowest BCUT2D eigenvalue weighted by molar-refractivity contribution is -0.384. The fourth-order valence-corrected chi connectivity index (χ4v) is 4.25. The molecule has 0 heterocycles. The lowest BCUT2D eigenvalue weighted by Crippen LogP contribution is -2.16. The number of benzene rings is 2. The van der Waals surface area contributed by atoms with Gasteiger partial charge in [-0.25, -0.2) is 8.42 Å². The van der Waals surface area contributed by atoms with Crippen LogP contribution in [0, 0.1) is 37.8 Å². The van der Waals surface area contributed by atoms with Crippen molar-refractivity contribution in [2.45, 2.75) is 32.6 Å². The number of hydrogen-bond donors (Lipinski definition) is 1. The van der Waals surface area contributed by atoms with Gasteiger partial charge in [-0.05, 0) is 50.5 Å². The number of aryl methyl sites for hydroxylation is 4. The number of non-ortho nitro benzene ring substituents is 1. The van der Waals surface area contributed by atoms with Crippen LogP contribution in [0.4, 0.5) is 11.4 Å². The maximum Gasteiger partial charge on any atom is 0.269 e. The van der Waals surface area contributed by atoms with Crippen molar-refractivity contribution >= 4 is 21.4 Å². The molecule has 0 aliphatic rings. The summed E-state index contributed by atoms with van der Waals surface area (Å²) in [5.74, 6) is 0. The zero-order valence-corrected chi connectivity index (χ0v) is 14.2. The summed E-state index contributed by atoms with van der Waals surface area (Å²) in [6.07, 6.45) is 0. The average molecular weight is 334 g/mol. The fraction of sp³-hybridized carbons (Fsp3) is 0.250. The highest BCUT2D eigenvalue weighted by Crippen LogP contribution is 2.27. The quantitative estimate of drug-likeness (QED) is 0.683.